The van der Waals surface area contributed by atoms with E-state index >= 15 is 0 Å². The number of benzene rings is 2. The van der Waals surface area contributed by atoms with E-state index in [0.29, 0.717) is 5.69 Å². The number of phenolic OH excluding ortho intramolecular Hbond substituents is 1. The first-order valence-electron chi connectivity index (χ1n) is 5.21. The molecule has 0 aliphatic heterocycles. The van der Waals surface area contributed by atoms with E-state index in [-0.39, 0.29) is 17.0 Å². The number of rotatable bonds is 2. The Labute approximate surface area is 103 Å². The van der Waals surface area contributed by atoms with Crippen LogP contribution in [0.4, 0.5) is 15.8 Å². The third kappa shape index (κ3) is 2.57. The lowest BCUT2D eigenvalue weighted by atomic mass is 10.2. The molecule has 0 unspecified atom stereocenters. The molecule has 0 aromatic heterocycles. The minimum atomic E-state index is -0.640. The summed E-state index contributed by atoms with van der Waals surface area (Å²) in [7, 11) is 0. The summed E-state index contributed by atoms with van der Waals surface area (Å²) in [6.45, 7) is 0. The number of nitrogens with two attached hydrogens (primary N) is 1. The van der Waals surface area contributed by atoms with Gasteiger partial charge in [0, 0.05) is 17.3 Å². The smallest absolute Gasteiger partial charge is 0.255 e. The molecule has 0 spiro atoms. The number of halogens is 1. The SMILES string of the molecule is Nc1ccc(C(=O)Nc2cccc(O)c2)cc1F. The average molecular weight is 246 g/mol. The van der Waals surface area contributed by atoms with Crippen molar-refractivity contribution in [2.75, 3.05) is 11.1 Å². The largest absolute Gasteiger partial charge is 0.508 e. The molecule has 0 radical (unpaired) electrons. The molecule has 4 N–H and O–H groups in total. The van der Waals surface area contributed by atoms with Gasteiger partial charge in [-0.15, -0.1) is 0 Å². The van der Waals surface area contributed by atoms with Crippen LogP contribution < -0.4 is 11.1 Å². The van der Waals surface area contributed by atoms with E-state index in [2.05, 4.69) is 5.32 Å². The number of phenols is 1. The van der Waals surface area contributed by atoms with E-state index in [4.69, 9.17) is 5.73 Å². The van der Waals surface area contributed by atoms with Crippen LogP contribution in [0.5, 0.6) is 5.75 Å². The molecule has 0 fully saturated rings. The molecule has 5 heteroatoms. The number of anilines is 2. The second-order valence-electron chi connectivity index (χ2n) is 3.74. The van der Waals surface area contributed by atoms with Crippen molar-refractivity contribution < 1.29 is 14.3 Å². The van der Waals surface area contributed by atoms with Crippen molar-refractivity contribution in [2.24, 2.45) is 0 Å². The van der Waals surface area contributed by atoms with Gasteiger partial charge in [-0.1, -0.05) is 6.07 Å². The van der Waals surface area contributed by atoms with Gasteiger partial charge in [-0.05, 0) is 30.3 Å². The standard InChI is InChI=1S/C13H11FN2O2/c14-11-6-8(4-5-12(11)15)13(18)16-9-2-1-3-10(17)7-9/h1-7,17H,15H2,(H,16,18). The predicted octanol–water partition coefficient (Wildman–Crippen LogP) is 2.37. The lowest BCUT2D eigenvalue weighted by Gasteiger charge is -2.06. The maximum Gasteiger partial charge on any atom is 0.255 e. The zero-order valence-electron chi connectivity index (χ0n) is 9.35. The molecule has 0 aliphatic carbocycles. The lowest BCUT2D eigenvalue weighted by Crippen LogP contribution is -2.12. The number of carbonyl (C=O) groups excluding carboxylic acids is 1. The Kier molecular flexibility index (Phi) is 3.14. The quantitative estimate of drug-likeness (QED) is 0.712. The summed E-state index contributed by atoms with van der Waals surface area (Å²) >= 11 is 0. The topological polar surface area (TPSA) is 75.4 Å². The lowest BCUT2D eigenvalue weighted by molar-refractivity contribution is 0.102. The van der Waals surface area contributed by atoms with Crippen LogP contribution in [0.1, 0.15) is 10.4 Å². The van der Waals surface area contributed by atoms with Crippen LogP contribution in [0.15, 0.2) is 42.5 Å². The molecule has 0 saturated carbocycles. The average Bonchev–Trinajstić information content (AvgIpc) is 2.32. The summed E-state index contributed by atoms with van der Waals surface area (Å²) in [5.41, 5.74) is 5.90. The Hall–Kier alpha value is -2.56. The summed E-state index contributed by atoms with van der Waals surface area (Å²) in [4.78, 5) is 11.8. The minimum Gasteiger partial charge on any atom is -0.508 e. The summed E-state index contributed by atoms with van der Waals surface area (Å²) < 4.78 is 13.2. The summed E-state index contributed by atoms with van der Waals surface area (Å²) in [6, 6.07) is 9.90. The molecule has 2 aromatic carbocycles. The van der Waals surface area contributed by atoms with E-state index in [1.165, 1.54) is 24.3 Å². The Morgan fingerprint density at radius 2 is 2.00 bits per heavy atom. The van der Waals surface area contributed by atoms with Gasteiger partial charge in [-0.3, -0.25) is 4.79 Å². The molecular weight excluding hydrogens is 235 g/mol. The first-order chi connectivity index (χ1) is 8.56. The second-order valence-corrected chi connectivity index (χ2v) is 3.74. The van der Waals surface area contributed by atoms with Gasteiger partial charge in [0.15, 0.2) is 0 Å². The highest BCUT2D eigenvalue weighted by Crippen LogP contribution is 2.17. The second kappa shape index (κ2) is 4.75. The number of nitrogens with one attached hydrogen (secondary N) is 1. The Balaban J connectivity index is 2.19. The van der Waals surface area contributed by atoms with Crippen molar-refractivity contribution in [3.63, 3.8) is 0 Å². The van der Waals surface area contributed by atoms with Crippen LogP contribution in [0.2, 0.25) is 0 Å². The third-order valence-corrected chi connectivity index (χ3v) is 2.37. The first-order valence-corrected chi connectivity index (χ1v) is 5.21. The Bertz CT molecular complexity index is 599. The number of amides is 1. The highest BCUT2D eigenvalue weighted by Gasteiger charge is 2.08. The van der Waals surface area contributed by atoms with Crippen LogP contribution in [0.25, 0.3) is 0 Å². The molecule has 0 saturated heterocycles. The maximum atomic E-state index is 13.2. The number of carbonyl (C=O) groups is 1. The van der Waals surface area contributed by atoms with Crippen LogP contribution in [0.3, 0.4) is 0 Å². The van der Waals surface area contributed by atoms with Gasteiger partial charge >= 0.3 is 0 Å². The van der Waals surface area contributed by atoms with Gasteiger partial charge in [0.1, 0.15) is 11.6 Å². The Morgan fingerprint density at radius 3 is 2.67 bits per heavy atom. The zero-order chi connectivity index (χ0) is 13.1. The number of hydrogen-bond acceptors (Lipinski definition) is 3. The third-order valence-electron chi connectivity index (χ3n) is 2.37. The molecule has 0 bridgehead atoms. The van der Waals surface area contributed by atoms with Gasteiger partial charge in [0.2, 0.25) is 0 Å². The van der Waals surface area contributed by atoms with E-state index < -0.39 is 11.7 Å². The predicted molar refractivity (Wildman–Crippen MR) is 66.9 cm³/mol. The molecule has 2 aromatic rings. The Morgan fingerprint density at radius 1 is 1.22 bits per heavy atom. The van der Waals surface area contributed by atoms with Gasteiger partial charge in [0.05, 0.1) is 5.69 Å². The van der Waals surface area contributed by atoms with Crippen LogP contribution in [-0.4, -0.2) is 11.0 Å². The van der Waals surface area contributed by atoms with Crippen molar-refractivity contribution in [1.82, 2.24) is 0 Å². The fraction of sp³-hybridized carbons (Fsp3) is 0. The van der Waals surface area contributed by atoms with E-state index in [9.17, 15) is 14.3 Å². The van der Waals surface area contributed by atoms with Crippen LogP contribution in [-0.2, 0) is 0 Å². The molecule has 18 heavy (non-hydrogen) atoms. The van der Waals surface area contributed by atoms with Crippen molar-refractivity contribution in [1.29, 1.82) is 0 Å². The van der Waals surface area contributed by atoms with Crippen LogP contribution >= 0.6 is 0 Å². The summed E-state index contributed by atoms with van der Waals surface area (Å²) in [5, 5.41) is 11.8. The molecule has 0 heterocycles. The first kappa shape index (κ1) is 11.9. The summed E-state index contributed by atoms with van der Waals surface area (Å²) in [5.74, 6) is -1.07. The molecule has 1 amide bonds. The van der Waals surface area contributed by atoms with E-state index in [1.807, 2.05) is 0 Å². The minimum absolute atomic E-state index is 0.0103. The number of hydrogen-bond donors (Lipinski definition) is 3. The van der Waals surface area contributed by atoms with Gasteiger partial charge in [-0.25, -0.2) is 4.39 Å². The van der Waals surface area contributed by atoms with Gasteiger partial charge in [-0.2, -0.15) is 0 Å². The van der Waals surface area contributed by atoms with Crippen molar-refractivity contribution >= 4 is 17.3 Å². The monoisotopic (exact) mass is 246 g/mol. The molecule has 0 atom stereocenters. The fourth-order valence-electron chi connectivity index (χ4n) is 1.46. The molecule has 0 aliphatic rings. The van der Waals surface area contributed by atoms with Gasteiger partial charge in [0.25, 0.3) is 5.91 Å². The van der Waals surface area contributed by atoms with Gasteiger partial charge < -0.3 is 16.2 Å². The fourth-order valence-corrected chi connectivity index (χ4v) is 1.46. The molecular formula is C13H11FN2O2. The normalized spacial score (nSPS) is 10.1. The van der Waals surface area contributed by atoms with Crippen LogP contribution in [0, 0.1) is 5.82 Å². The number of aromatic hydroxyl groups is 1. The zero-order valence-corrected chi connectivity index (χ0v) is 9.35. The molecule has 92 valence electrons. The van der Waals surface area contributed by atoms with Crippen molar-refractivity contribution in [3.05, 3.63) is 53.8 Å². The van der Waals surface area contributed by atoms with E-state index in [1.54, 1.807) is 12.1 Å². The molecule has 4 nitrogen and oxygen atoms in total. The van der Waals surface area contributed by atoms with Crippen molar-refractivity contribution in [3.8, 4) is 5.75 Å². The van der Waals surface area contributed by atoms with E-state index in [0.717, 1.165) is 6.07 Å². The van der Waals surface area contributed by atoms with Crippen molar-refractivity contribution in [2.45, 2.75) is 0 Å². The maximum absolute atomic E-state index is 13.2. The number of nitrogen functional groups attached to an aromatic ring is 1. The highest BCUT2D eigenvalue weighted by atomic mass is 19.1. The summed E-state index contributed by atoms with van der Waals surface area (Å²) in [6.07, 6.45) is 0. The highest BCUT2D eigenvalue weighted by molar-refractivity contribution is 6.04. The molecule has 2 rings (SSSR count).